The average molecular weight is 326 g/mol. The highest BCUT2D eigenvalue weighted by Gasteiger charge is 2.09. The maximum absolute atomic E-state index is 12.1. The zero-order valence-electron chi connectivity index (χ0n) is 12.4. The summed E-state index contributed by atoms with van der Waals surface area (Å²) in [5.41, 5.74) is 1.86. The summed E-state index contributed by atoms with van der Waals surface area (Å²) in [5, 5.41) is 6.11. The van der Waals surface area contributed by atoms with Crippen molar-refractivity contribution in [2.45, 2.75) is 13.3 Å². The summed E-state index contributed by atoms with van der Waals surface area (Å²) in [6.45, 7) is 1.79. The minimum Gasteiger partial charge on any atom is -0.322 e. The van der Waals surface area contributed by atoms with Crippen LogP contribution in [0.5, 0.6) is 0 Å². The second-order valence-corrected chi connectivity index (χ2v) is 5.83. The summed E-state index contributed by atoms with van der Waals surface area (Å²) < 4.78 is 0.941. The fraction of sp³-hybridized carbons (Fsp3) is 0.125. The molecule has 0 fully saturated rings. The van der Waals surface area contributed by atoms with Crippen molar-refractivity contribution < 1.29 is 9.59 Å². The van der Waals surface area contributed by atoms with Crippen molar-refractivity contribution in [1.29, 1.82) is 0 Å². The molecule has 0 aliphatic heterocycles. The maximum atomic E-state index is 12.1. The molecule has 2 heterocycles. The van der Waals surface area contributed by atoms with Crippen molar-refractivity contribution >= 4 is 44.2 Å². The predicted molar refractivity (Wildman–Crippen MR) is 90.7 cm³/mol. The number of pyridine rings is 1. The Labute approximate surface area is 136 Å². The van der Waals surface area contributed by atoms with E-state index in [1.165, 1.54) is 17.5 Å². The van der Waals surface area contributed by atoms with Gasteiger partial charge >= 0.3 is 0 Å². The van der Waals surface area contributed by atoms with E-state index in [4.69, 9.17) is 0 Å². The highest BCUT2D eigenvalue weighted by atomic mass is 32.1. The van der Waals surface area contributed by atoms with Crippen molar-refractivity contribution in [3.63, 3.8) is 0 Å². The topological polar surface area (TPSA) is 84.0 Å². The first kappa shape index (κ1) is 15.1. The van der Waals surface area contributed by atoms with E-state index in [9.17, 15) is 9.59 Å². The minimum atomic E-state index is -0.229. The highest BCUT2D eigenvalue weighted by molar-refractivity contribution is 7.22. The number of amides is 2. The number of hydrogen-bond acceptors (Lipinski definition) is 5. The van der Waals surface area contributed by atoms with E-state index in [0.29, 0.717) is 22.8 Å². The van der Waals surface area contributed by atoms with Crippen LogP contribution in [0.4, 0.5) is 10.8 Å². The SMILES string of the molecule is CCC(=O)Nc1nc2cc(NC(=O)c3cccnc3)ccc2s1. The van der Waals surface area contributed by atoms with E-state index < -0.39 is 0 Å². The minimum absolute atomic E-state index is 0.0749. The Hall–Kier alpha value is -2.80. The van der Waals surface area contributed by atoms with Crippen LogP contribution in [0.3, 0.4) is 0 Å². The maximum Gasteiger partial charge on any atom is 0.257 e. The van der Waals surface area contributed by atoms with E-state index in [1.807, 2.05) is 6.07 Å². The Morgan fingerprint density at radius 1 is 1.22 bits per heavy atom. The standard InChI is InChI=1S/C16H14N4O2S/c1-2-14(21)20-16-19-12-8-11(5-6-13(12)23-16)18-15(22)10-4-3-7-17-9-10/h3-9H,2H2,1H3,(H,18,22)(H,19,20,21). The lowest BCUT2D eigenvalue weighted by atomic mass is 10.2. The molecule has 2 N–H and O–H groups in total. The molecule has 7 heteroatoms. The van der Waals surface area contributed by atoms with Crippen molar-refractivity contribution in [2.75, 3.05) is 10.6 Å². The Morgan fingerprint density at radius 3 is 2.83 bits per heavy atom. The van der Waals surface area contributed by atoms with Crippen LogP contribution in [-0.2, 0) is 4.79 Å². The Balaban J connectivity index is 1.80. The quantitative estimate of drug-likeness (QED) is 0.770. The van der Waals surface area contributed by atoms with Gasteiger partial charge in [-0.3, -0.25) is 14.6 Å². The normalized spacial score (nSPS) is 10.5. The van der Waals surface area contributed by atoms with Crippen LogP contribution in [0.2, 0.25) is 0 Å². The number of nitrogens with one attached hydrogen (secondary N) is 2. The second-order valence-electron chi connectivity index (χ2n) is 4.80. The lowest BCUT2D eigenvalue weighted by Gasteiger charge is -2.04. The number of thiazole rings is 1. The predicted octanol–water partition coefficient (Wildman–Crippen LogP) is 3.29. The van der Waals surface area contributed by atoms with Gasteiger partial charge in [0.2, 0.25) is 5.91 Å². The number of aromatic nitrogens is 2. The largest absolute Gasteiger partial charge is 0.322 e. The van der Waals surface area contributed by atoms with Gasteiger partial charge in [0.1, 0.15) is 0 Å². The fourth-order valence-corrected chi connectivity index (χ4v) is 2.83. The van der Waals surface area contributed by atoms with Crippen molar-refractivity contribution in [1.82, 2.24) is 9.97 Å². The molecular formula is C16H14N4O2S. The van der Waals surface area contributed by atoms with Gasteiger partial charge in [-0.25, -0.2) is 4.98 Å². The molecule has 2 amide bonds. The van der Waals surface area contributed by atoms with E-state index in [-0.39, 0.29) is 11.8 Å². The number of hydrogen-bond donors (Lipinski definition) is 2. The third kappa shape index (κ3) is 3.51. The molecule has 0 bridgehead atoms. The number of carbonyl (C=O) groups is 2. The molecule has 3 rings (SSSR count). The van der Waals surface area contributed by atoms with Crippen molar-refractivity contribution in [3.8, 4) is 0 Å². The van der Waals surface area contributed by atoms with Crippen LogP contribution in [0, 0.1) is 0 Å². The summed E-state index contributed by atoms with van der Waals surface area (Å²) in [6, 6.07) is 8.86. The molecule has 0 spiro atoms. The summed E-state index contributed by atoms with van der Waals surface area (Å²) in [5.74, 6) is -0.304. The van der Waals surface area contributed by atoms with Crippen LogP contribution in [0.15, 0.2) is 42.7 Å². The molecule has 1 aromatic carbocycles. The molecule has 0 saturated carbocycles. The first-order valence-electron chi connectivity index (χ1n) is 7.07. The van der Waals surface area contributed by atoms with Crippen molar-refractivity contribution in [2.24, 2.45) is 0 Å². The first-order valence-corrected chi connectivity index (χ1v) is 7.89. The number of carbonyl (C=O) groups excluding carboxylic acids is 2. The molecule has 116 valence electrons. The monoisotopic (exact) mass is 326 g/mol. The Bertz CT molecular complexity index is 861. The highest BCUT2D eigenvalue weighted by Crippen LogP contribution is 2.28. The fourth-order valence-electron chi connectivity index (χ4n) is 1.97. The Kier molecular flexibility index (Phi) is 4.29. The van der Waals surface area contributed by atoms with Gasteiger partial charge in [0.15, 0.2) is 5.13 Å². The molecule has 0 aliphatic carbocycles. The van der Waals surface area contributed by atoms with Gasteiger partial charge in [0.05, 0.1) is 15.8 Å². The summed E-state index contributed by atoms with van der Waals surface area (Å²) in [7, 11) is 0. The van der Waals surface area contributed by atoms with Gasteiger partial charge in [-0.05, 0) is 30.3 Å². The molecule has 2 aromatic heterocycles. The average Bonchev–Trinajstić information content (AvgIpc) is 2.96. The van der Waals surface area contributed by atoms with Gasteiger partial charge in [0, 0.05) is 24.5 Å². The van der Waals surface area contributed by atoms with Gasteiger partial charge in [0.25, 0.3) is 5.91 Å². The first-order chi connectivity index (χ1) is 11.2. The molecule has 0 aliphatic rings. The number of anilines is 2. The summed E-state index contributed by atoms with van der Waals surface area (Å²) in [4.78, 5) is 31.8. The number of fused-ring (bicyclic) bond motifs is 1. The Morgan fingerprint density at radius 2 is 2.09 bits per heavy atom. The van der Waals surface area contributed by atoms with Crippen LogP contribution < -0.4 is 10.6 Å². The summed E-state index contributed by atoms with van der Waals surface area (Å²) >= 11 is 1.40. The van der Waals surface area contributed by atoms with Crippen LogP contribution >= 0.6 is 11.3 Å². The van der Waals surface area contributed by atoms with E-state index in [2.05, 4.69) is 20.6 Å². The molecule has 0 unspecified atom stereocenters. The van der Waals surface area contributed by atoms with E-state index >= 15 is 0 Å². The number of nitrogens with zero attached hydrogens (tertiary/aromatic N) is 2. The van der Waals surface area contributed by atoms with Gasteiger partial charge in [-0.1, -0.05) is 18.3 Å². The molecule has 0 saturated heterocycles. The van der Waals surface area contributed by atoms with Gasteiger partial charge in [-0.2, -0.15) is 0 Å². The molecular weight excluding hydrogens is 312 g/mol. The van der Waals surface area contributed by atoms with E-state index in [1.54, 1.807) is 37.4 Å². The molecule has 0 radical (unpaired) electrons. The lowest BCUT2D eigenvalue weighted by molar-refractivity contribution is -0.115. The molecule has 23 heavy (non-hydrogen) atoms. The number of benzene rings is 1. The zero-order valence-corrected chi connectivity index (χ0v) is 13.2. The molecule has 6 nitrogen and oxygen atoms in total. The van der Waals surface area contributed by atoms with Crippen LogP contribution in [-0.4, -0.2) is 21.8 Å². The van der Waals surface area contributed by atoms with Gasteiger partial charge < -0.3 is 10.6 Å². The zero-order chi connectivity index (χ0) is 16.2. The van der Waals surface area contributed by atoms with Crippen LogP contribution in [0.25, 0.3) is 10.2 Å². The molecule has 3 aromatic rings. The lowest BCUT2D eigenvalue weighted by Crippen LogP contribution is -2.11. The third-order valence-corrected chi connectivity index (χ3v) is 4.09. The summed E-state index contributed by atoms with van der Waals surface area (Å²) in [6.07, 6.45) is 3.53. The smallest absolute Gasteiger partial charge is 0.257 e. The van der Waals surface area contributed by atoms with Crippen molar-refractivity contribution in [3.05, 3.63) is 48.3 Å². The molecule has 0 atom stereocenters. The number of rotatable bonds is 4. The third-order valence-electron chi connectivity index (χ3n) is 3.14. The van der Waals surface area contributed by atoms with Crippen LogP contribution in [0.1, 0.15) is 23.7 Å². The van der Waals surface area contributed by atoms with Gasteiger partial charge in [-0.15, -0.1) is 0 Å². The second kappa shape index (κ2) is 6.53. The van der Waals surface area contributed by atoms with E-state index in [0.717, 1.165) is 10.2 Å².